The number of nitrogens with zero attached hydrogens (tertiary/aromatic N) is 2. The first kappa shape index (κ1) is 13.5. The molecule has 100 valence electrons. The van der Waals surface area contributed by atoms with E-state index in [2.05, 4.69) is 10.3 Å². The second-order valence-electron chi connectivity index (χ2n) is 4.28. The lowest BCUT2D eigenvalue weighted by atomic mass is 10.3. The van der Waals surface area contributed by atoms with Gasteiger partial charge in [-0.3, -0.25) is 4.79 Å². The highest BCUT2D eigenvalue weighted by Crippen LogP contribution is 2.07. The Morgan fingerprint density at radius 2 is 2.33 bits per heavy atom. The zero-order valence-electron chi connectivity index (χ0n) is 10.6. The first-order chi connectivity index (χ1) is 8.75. The van der Waals surface area contributed by atoms with Crippen molar-refractivity contribution in [2.75, 3.05) is 32.8 Å². The van der Waals surface area contributed by atoms with Crippen LogP contribution >= 0.6 is 11.3 Å². The summed E-state index contributed by atoms with van der Waals surface area (Å²) in [5, 5.41) is 6.38. The second kappa shape index (κ2) is 6.82. The number of rotatable bonds is 5. The number of morpholine rings is 1. The second-order valence-corrected chi connectivity index (χ2v) is 5.34. The molecule has 0 aliphatic carbocycles. The Labute approximate surface area is 111 Å². The molecule has 0 unspecified atom stereocenters. The number of hydrogen-bond acceptors (Lipinski definition) is 5. The van der Waals surface area contributed by atoms with Crippen LogP contribution in [0.3, 0.4) is 0 Å². The molecule has 0 radical (unpaired) electrons. The predicted molar refractivity (Wildman–Crippen MR) is 70.6 cm³/mol. The fraction of sp³-hybridized carbons (Fsp3) is 0.667. The van der Waals surface area contributed by atoms with Crippen LogP contribution in [0.5, 0.6) is 0 Å². The summed E-state index contributed by atoms with van der Waals surface area (Å²) in [5.41, 5.74) is 1.05. The third kappa shape index (κ3) is 4.04. The van der Waals surface area contributed by atoms with Crippen LogP contribution in [0, 0.1) is 6.92 Å². The molecule has 0 atom stereocenters. The monoisotopic (exact) mass is 269 g/mol. The summed E-state index contributed by atoms with van der Waals surface area (Å²) in [6, 6.07) is 0. The van der Waals surface area contributed by atoms with E-state index in [1.807, 2.05) is 17.2 Å². The summed E-state index contributed by atoms with van der Waals surface area (Å²) < 4.78 is 5.22. The molecule has 1 aliphatic heterocycles. The van der Waals surface area contributed by atoms with Gasteiger partial charge in [-0.2, -0.15) is 0 Å². The summed E-state index contributed by atoms with van der Waals surface area (Å²) >= 11 is 1.65. The van der Waals surface area contributed by atoms with Gasteiger partial charge < -0.3 is 15.0 Å². The summed E-state index contributed by atoms with van der Waals surface area (Å²) in [7, 11) is 0. The molecule has 0 saturated carbocycles. The number of ether oxygens (including phenoxy) is 1. The molecule has 6 heteroatoms. The Hall–Kier alpha value is -0.980. The van der Waals surface area contributed by atoms with Gasteiger partial charge in [0.05, 0.1) is 23.9 Å². The van der Waals surface area contributed by atoms with Gasteiger partial charge in [-0.25, -0.2) is 4.98 Å². The van der Waals surface area contributed by atoms with Gasteiger partial charge in [0.2, 0.25) is 5.91 Å². The number of nitrogens with one attached hydrogen (secondary N) is 1. The van der Waals surface area contributed by atoms with Crippen molar-refractivity contribution in [2.45, 2.75) is 19.9 Å². The number of aryl methyl sites for hydroxylation is 1. The zero-order chi connectivity index (χ0) is 12.8. The van der Waals surface area contributed by atoms with Gasteiger partial charge in [0.15, 0.2) is 0 Å². The molecule has 1 N–H and O–H groups in total. The Bertz CT molecular complexity index is 388. The van der Waals surface area contributed by atoms with E-state index in [4.69, 9.17) is 4.74 Å². The van der Waals surface area contributed by atoms with Gasteiger partial charge in [0.25, 0.3) is 0 Å². The minimum atomic E-state index is 0.209. The van der Waals surface area contributed by atoms with Crippen LogP contribution in [0.15, 0.2) is 5.38 Å². The normalized spacial score (nSPS) is 15.9. The molecule has 2 rings (SSSR count). The molecule has 0 spiro atoms. The van der Waals surface area contributed by atoms with E-state index >= 15 is 0 Å². The minimum Gasteiger partial charge on any atom is -0.378 e. The minimum absolute atomic E-state index is 0.209. The summed E-state index contributed by atoms with van der Waals surface area (Å²) in [4.78, 5) is 18.1. The molecule has 5 nitrogen and oxygen atoms in total. The Morgan fingerprint density at radius 3 is 3.00 bits per heavy atom. The Balaban J connectivity index is 1.61. The quantitative estimate of drug-likeness (QED) is 0.803. The van der Waals surface area contributed by atoms with Crippen molar-refractivity contribution in [3.63, 3.8) is 0 Å². The first-order valence-corrected chi connectivity index (χ1v) is 7.11. The lowest BCUT2D eigenvalue weighted by Crippen LogP contribution is -2.41. The van der Waals surface area contributed by atoms with Crippen LogP contribution in [-0.2, 0) is 16.1 Å². The highest BCUT2D eigenvalue weighted by molar-refractivity contribution is 7.09. The van der Waals surface area contributed by atoms with Crippen molar-refractivity contribution >= 4 is 17.2 Å². The highest BCUT2D eigenvalue weighted by atomic mass is 32.1. The van der Waals surface area contributed by atoms with Crippen molar-refractivity contribution in [3.8, 4) is 0 Å². The average molecular weight is 269 g/mol. The summed E-state index contributed by atoms with van der Waals surface area (Å²) in [5.74, 6) is 0.209. The van der Waals surface area contributed by atoms with Crippen LogP contribution in [0.2, 0.25) is 0 Å². The molecular formula is C12H19N3O2S. The van der Waals surface area contributed by atoms with Gasteiger partial charge in [-0.1, -0.05) is 0 Å². The van der Waals surface area contributed by atoms with Gasteiger partial charge in [0, 0.05) is 38.0 Å². The van der Waals surface area contributed by atoms with Crippen LogP contribution in [0.25, 0.3) is 0 Å². The van der Waals surface area contributed by atoms with E-state index in [1.165, 1.54) is 0 Å². The van der Waals surface area contributed by atoms with Crippen molar-refractivity contribution < 1.29 is 9.53 Å². The topological polar surface area (TPSA) is 54.5 Å². The van der Waals surface area contributed by atoms with Crippen LogP contribution in [-0.4, -0.2) is 48.6 Å². The lowest BCUT2D eigenvalue weighted by molar-refractivity contribution is -0.135. The Kier molecular flexibility index (Phi) is 5.10. The summed E-state index contributed by atoms with van der Waals surface area (Å²) in [6.45, 7) is 6.21. The maximum atomic E-state index is 11.8. The molecule has 1 fully saturated rings. The van der Waals surface area contributed by atoms with E-state index in [1.54, 1.807) is 11.3 Å². The van der Waals surface area contributed by atoms with Crippen molar-refractivity contribution in [1.29, 1.82) is 0 Å². The molecule has 1 aromatic rings. The standard InChI is InChI=1S/C12H19N3O2S/c1-10-14-11(9-18-10)8-13-3-2-12(16)15-4-6-17-7-5-15/h9,13H,2-8H2,1H3. The smallest absolute Gasteiger partial charge is 0.224 e. The van der Waals surface area contributed by atoms with Crippen LogP contribution in [0.4, 0.5) is 0 Å². The van der Waals surface area contributed by atoms with E-state index in [0.29, 0.717) is 26.2 Å². The maximum Gasteiger partial charge on any atom is 0.224 e. The number of hydrogen-bond donors (Lipinski definition) is 1. The zero-order valence-corrected chi connectivity index (χ0v) is 11.5. The summed E-state index contributed by atoms with van der Waals surface area (Å²) in [6.07, 6.45) is 0.545. The fourth-order valence-electron chi connectivity index (χ4n) is 1.87. The van der Waals surface area contributed by atoms with Crippen molar-refractivity contribution in [2.24, 2.45) is 0 Å². The van der Waals surface area contributed by atoms with E-state index in [9.17, 15) is 4.79 Å². The SMILES string of the molecule is Cc1nc(CNCCC(=O)N2CCOCC2)cs1. The first-order valence-electron chi connectivity index (χ1n) is 6.23. The number of carbonyl (C=O) groups is 1. The maximum absolute atomic E-state index is 11.8. The molecule has 1 saturated heterocycles. The fourth-order valence-corrected chi connectivity index (χ4v) is 2.48. The average Bonchev–Trinajstić information content (AvgIpc) is 2.81. The third-order valence-electron chi connectivity index (χ3n) is 2.85. The van der Waals surface area contributed by atoms with Gasteiger partial charge in [0.1, 0.15) is 0 Å². The molecule has 0 bridgehead atoms. The van der Waals surface area contributed by atoms with E-state index in [-0.39, 0.29) is 5.91 Å². The van der Waals surface area contributed by atoms with Crippen LogP contribution < -0.4 is 5.32 Å². The number of amides is 1. The Morgan fingerprint density at radius 1 is 1.56 bits per heavy atom. The van der Waals surface area contributed by atoms with E-state index in [0.717, 1.165) is 30.3 Å². The molecule has 1 aromatic heterocycles. The molecule has 1 amide bonds. The molecular weight excluding hydrogens is 250 g/mol. The van der Waals surface area contributed by atoms with E-state index < -0.39 is 0 Å². The van der Waals surface area contributed by atoms with Crippen molar-refractivity contribution in [3.05, 3.63) is 16.1 Å². The number of aromatic nitrogens is 1. The van der Waals surface area contributed by atoms with Crippen LogP contribution in [0.1, 0.15) is 17.1 Å². The molecule has 1 aliphatic rings. The molecule has 18 heavy (non-hydrogen) atoms. The largest absolute Gasteiger partial charge is 0.378 e. The van der Waals surface area contributed by atoms with Gasteiger partial charge in [-0.15, -0.1) is 11.3 Å². The number of thiazole rings is 1. The predicted octanol–water partition coefficient (Wildman–Crippen LogP) is 0.790. The lowest BCUT2D eigenvalue weighted by Gasteiger charge is -2.26. The number of carbonyl (C=O) groups excluding carboxylic acids is 1. The molecule has 2 heterocycles. The van der Waals surface area contributed by atoms with Gasteiger partial charge in [-0.05, 0) is 6.92 Å². The highest BCUT2D eigenvalue weighted by Gasteiger charge is 2.15. The molecule has 0 aromatic carbocycles. The van der Waals surface area contributed by atoms with Gasteiger partial charge >= 0.3 is 0 Å². The van der Waals surface area contributed by atoms with Crippen molar-refractivity contribution in [1.82, 2.24) is 15.2 Å². The third-order valence-corrected chi connectivity index (χ3v) is 3.67.